The summed E-state index contributed by atoms with van der Waals surface area (Å²) >= 11 is 0. The molecule has 1 N–H and O–H groups in total. The molecule has 21 heavy (non-hydrogen) atoms. The molecule has 0 fully saturated rings. The van der Waals surface area contributed by atoms with Crippen molar-refractivity contribution in [1.29, 1.82) is 0 Å². The van der Waals surface area contributed by atoms with Gasteiger partial charge in [0.1, 0.15) is 11.5 Å². The summed E-state index contributed by atoms with van der Waals surface area (Å²) in [5.74, 6) is 2.70. The molecule has 2 aromatic rings. The topological polar surface area (TPSA) is 21.3 Å². The summed E-state index contributed by atoms with van der Waals surface area (Å²) in [4.78, 5) is 0. The van der Waals surface area contributed by atoms with Crippen molar-refractivity contribution in [2.75, 3.05) is 6.54 Å². The normalized spacial score (nSPS) is 13.7. The molecule has 3 rings (SSSR count). The van der Waals surface area contributed by atoms with Crippen LogP contribution in [0.2, 0.25) is 0 Å². The van der Waals surface area contributed by atoms with Crippen LogP contribution in [-0.2, 0) is 0 Å². The van der Waals surface area contributed by atoms with E-state index in [1.807, 2.05) is 24.3 Å². The third kappa shape index (κ3) is 3.11. The monoisotopic (exact) mass is 281 g/mol. The SMILES string of the molecule is CC(C)CCCNC1c2ccccc2Oc2ccccc21. The maximum absolute atomic E-state index is 6.01. The third-order valence-corrected chi connectivity index (χ3v) is 3.99. The summed E-state index contributed by atoms with van der Waals surface area (Å²) in [5.41, 5.74) is 2.47. The Balaban J connectivity index is 1.81. The quantitative estimate of drug-likeness (QED) is 0.786. The highest BCUT2D eigenvalue weighted by molar-refractivity contribution is 5.52. The van der Waals surface area contributed by atoms with Crippen LogP contribution in [0.4, 0.5) is 0 Å². The lowest BCUT2D eigenvalue weighted by Gasteiger charge is -2.29. The number of ether oxygens (including phenoxy) is 1. The molecule has 2 nitrogen and oxygen atoms in total. The largest absolute Gasteiger partial charge is 0.457 e. The first-order chi connectivity index (χ1) is 10.3. The second kappa shape index (κ2) is 6.31. The zero-order chi connectivity index (χ0) is 14.7. The fourth-order valence-corrected chi connectivity index (χ4v) is 2.89. The van der Waals surface area contributed by atoms with Gasteiger partial charge in [0.05, 0.1) is 6.04 Å². The van der Waals surface area contributed by atoms with Crippen LogP contribution in [0.25, 0.3) is 0 Å². The van der Waals surface area contributed by atoms with E-state index in [-0.39, 0.29) is 6.04 Å². The highest BCUT2D eigenvalue weighted by Gasteiger charge is 2.25. The Kier molecular flexibility index (Phi) is 4.26. The molecule has 0 bridgehead atoms. The van der Waals surface area contributed by atoms with Gasteiger partial charge >= 0.3 is 0 Å². The van der Waals surface area contributed by atoms with Gasteiger partial charge in [-0.25, -0.2) is 0 Å². The summed E-state index contributed by atoms with van der Waals surface area (Å²) in [5, 5.41) is 3.71. The Morgan fingerprint density at radius 1 is 0.952 bits per heavy atom. The first-order valence-electron chi connectivity index (χ1n) is 7.85. The molecule has 2 heteroatoms. The Morgan fingerprint density at radius 2 is 1.52 bits per heavy atom. The summed E-state index contributed by atoms with van der Waals surface area (Å²) in [6.07, 6.45) is 2.47. The van der Waals surface area contributed by atoms with E-state index in [0.717, 1.165) is 24.0 Å². The molecule has 0 saturated heterocycles. The number of hydrogen-bond acceptors (Lipinski definition) is 2. The van der Waals surface area contributed by atoms with Crippen molar-refractivity contribution in [2.24, 2.45) is 5.92 Å². The summed E-state index contributed by atoms with van der Waals surface area (Å²) in [6, 6.07) is 16.9. The van der Waals surface area contributed by atoms with E-state index in [9.17, 15) is 0 Å². The molecule has 1 aliphatic rings. The number of fused-ring (bicyclic) bond motifs is 2. The average molecular weight is 281 g/mol. The maximum Gasteiger partial charge on any atom is 0.132 e. The predicted octanol–water partition coefficient (Wildman–Crippen LogP) is 4.91. The molecule has 1 aliphatic heterocycles. The molecule has 0 unspecified atom stereocenters. The van der Waals surface area contributed by atoms with Crippen molar-refractivity contribution in [2.45, 2.75) is 32.7 Å². The van der Waals surface area contributed by atoms with E-state index >= 15 is 0 Å². The number of rotatable bonds is 5. The first kappa shape index (κ1) is 14.2. The number of para-hydroxylation sites is 2. The van der Waals surface area contributed by atoms with Gasteiger partial charge < -0.3 is 10.1 Å². The second-order valence-corrected chi connectivity index (χ2v) is 6.10. The first-order valence-corrected chi connectivity index (χ1v) is 7.85. The van der Waals surface area contributed by atoms with E-state index < -0.39 is 0 Å². The molecule has 0 saturated carbocycles. The lowest BCUT2D eigenvalue weighted by Crippen LogP contribution is -2.26. The van der Waals surface area contributed by atoms with Gasteiger partial charge in [0.15, 0.2) is 0 Å². The Bertz CT molecular complexity index is 561. The smallest absolute Gasteiger partial charge is 0.132 e. The predicted molar refractivity (Wildman–Crippen MR) is 86.9 cm³/mol. The molecule has 1 heterocycles. The van der Waals surface area contributed by atoms with Gasteiger partial charge in [-0.05, 0) is 37.4 Å². The van der Waals surface area contributed by atoms with E-state index in [2.05, 4.69) is 43.4 Å². The van der Waals surface area contributed by atoms with Gasteiger partial charge in [0.2, 0.25) is 0 Å². The standard InChI is InChI=1S/C19H23NO/c1-14(2)8-7-13-20-19-15-9-3-5-11-17(15)21-18-12-6-4-10-16(18)19/h3-6,9-12,14,19-20H,7-8,13H2,1-2H3. The van der Waals surface area contributed by atoms with Crippen molar-refractivity contribution < 1.29 is 4.74 Å². The van der Waals surface area contributed by atoms with Crippen LogP contribution in [0.3, 0.4) is 0 Å². The van der Waals surface area contributed by atoms with Crippen LogP contribution in [-0.4, -0.2) is 6.54 Å². The second-order valence-electron chi connectivity index (χ2n) is 6.10. The van der Waals surface area contributed by atoms with Gasteiger partial charge in [-0.1, -0.05) is 50.2 Å². The van der Waals surface area contributed by atoms with E-state index in [0.29, 0.717) is 0 Å². The lowest BCUT2D eigenvalue weighted by atomic mass is 9.94. The zero-order valence-corrected chi connectivity index (χ0v) is 12.8. The summed E-state index contributed by atoms with van der Waals surface area (Å²) < 4.78 is 6.01. The molecule has 110 valence electrons. The van der Waals surface area contributed by atoms with E-state index in [1.165, 1.54) is 24.0 Å². The van der Waals surface area contributed by atoms with Crippen LogP contribution in [0, 0.1) is 5.92 Å². The molecule has 0 atom stereocenters. The van der Waals surface area contributed by atoms with Crippen molar-refractivity contribution in [3.8, 4) is 11.5 Å². The van der Waals surface area contributed by atoms with E-state index in [1.54, 1.807) is 0 Å². The van der Waals surface area contributed by atoms with Crippen molar-refractivity contribution >= 4 is 0 Å². The number of benzene rings is 2. The molecule has 0 radical (unpaired) electrons. The molecule has 0 amide bonds. The highest BCUT2D eigenvalue weighted by atomic mass is 16.5. The van der Waals surface area contributed by atoms with Crippen molar-refractivity contribution in [3.63, 3.8) is 0 Å². The molecular formula is C19H23NO. The van der Waals surface area contributed by atoms with Crippen molar-refractivity contribution in [1.82, 2.24) is 5.32 Å². The molecule has 0 aromatic heterocycles. The minimum absolute atomic E-state index is 0.235. The average Bonchev–Trinajstić information content (AvgIpc) is 2.50. The van der Waals surface area contributed by atoms with Gasteiger partial charge in [-0.3, -0.25) is 0 Å². The van der Waals surface area contributed by atoms with Gasteiger partial charge in [-0.15, -0.1) is 0 Å². The lowest BCUT2D eigenvalue weighted by molar-refractivity contribution is 0.422. The van der Waals surface area contributed by atoms with Gasteiger partial charge in [0, 0.05) is 11.1 Å². The highest BCUT2D eigenvalue weighted by Crippen LogP contribution is 2.42. The Hall–Kier alpha value is -1.80. The molecule has 0 aliphatic carbocycles. The molecule has 2 aromatic carbocycles. The Labute approximate surface area is 127 Å². The summed E-state index contributed by atoms with van der Waals surface area (Å²) in [7, 11) is 0. The van der Waals surface area contributed by atoms with Crippen molar-refractivity contribution in [3.05, 3.63) is 59.7 Å². The van der Waals surface area contributed by atoms with Crippen LogP contribution in [0.15, 0.2) is 48.5 Å². The third-order valence-electron chi connectivity index (χ3n) is 3.99. The Morgan fingerprint density at radius 3 is 2.10 bits per heavy atom. The minimum atomic E-state index is 0.235. The van der Waals surface area contributed by atoms with Crippen LogP contribution < -0.4 is 10.1 Å². The fourth-order valence-electron chi connectivity index (χ4n) is 2.89. The fraction of sp³-hybridized carbons (Fsp3) is 0.368. The van der Waals surface area contributed by atoms with Gasteiger partial charge in [-0.2, -0.15) is 0 Å². The number of hydrogen-bond donors (Lipinski definition) is 1. The number of nitrogens with one attached hydrogen (secondary N) is 1. The zero-order valence-electron chi connectivity index (χ0n) is 12.8. The van der Waals surface area contributed by atoms with Gasteiger partial charge in [0.25, 0.3) is 0 Å². The summed E-state index contributed by atoms with van der Waals surface area (Å²) in [6.45, 7) is 5.59. The minimum Gasteiger partial charge on any atom is -0.457 e. The van der Waals surface area contributed by atoms with E-state index in [4.69, 9.17) is 4.74 Å². The molecule has 0 spiro atoms. The molecular weight excluding hydrogens is 258 g/mol. The van der Waals surface area contributed by atoms with Crippen LogP contribution >= 0.6 is 0 Å². The maximum atomic E-state index is 6.01. The van der Waals surface area contributed by atoms with Crippen LogP contribution in [0.1, 0.15) is 43.9 Å². The van der Waals surface area contributed by atoms with Crippen LogP contribution in [0.5, 0.6) is 11.5 Å².